The molecule has 1 aliphatic rings. The molecule has 8 nitrogen and oxygen atoms in total. The molecule has 0 saturated carbocycles. The maximum absolute atomic E-state index is 12.3. The van der Waals surface area contributed by atoms with E-state index < -0.39 is 5.60 Å². The first-order chi connectivity index (χ1) is 14.3. The molecular formula is C22H36N4O4. The number of aliphatic imine (C=N–C) groups is 1. The normalized spacial score (nSPS) is 17.3. The van der Waals surface area contributed by atoms with Gasteiger partial charge in [-0.1, -0.05) is 6.07 Å². The third-order valence-electron chi connectivity index (χ3n) is 4.86. The number of nitrogens with one attached hydrogen (secondary N) is 2. The van der Waals surface area contributed by atoms with Crippen molar-refractivity contribution in [3.8, 4) is 11.5 Å². The number of carbonyl (C=O) groups excluding carboxylic acids is 1. The molecule has 1 saturated heterocycles. The monoisotopic (exact) mass is 420 g/mol. The highest BCUT2D eigenvalue weighted by molar-refractivity contribution is 5.79. The number of amides is 1. The van der Waals surface area contributed by atoms with Crippen molar-refractivity contribution in [1.29, 1.82) is 0 Å². The van der Waals surface area contributed by atoms with Crippen LogP contribution in [0.25, 0.3) is 0 Å². The van der Waals surface area contributed by atoms with Crippen molar-refractivity contribution in [3.05, 3.63) is 23.8 Å². The number of rotatable bonds is 6. The average Bonchev–Trinajstić information content (AvgIpc) is 2.72. The van der Waals surface area contributed by atoms with Crippen LogP contribution in [0.15, 0.2) is 23.2 Å². The quantitative estimate of drug-likeness (QED) is 0.544. The number of ether oxygens (including phenoxy) is 3. The Morgan fingerprint density at radius 2 is 1.93 bits per heavy atom. The summed E-state index contributed by atoms with van der Waals surface area (Å²) in [5.74, 6) is 2.48. The lowest BCUT2D eigenvalue weighted by atomic mass is 9.98. The van der Waals surface area contributed by atoms with E-state index in [1.807, 2.05) is 39.0 Å². The number of guanidine groups is 1. The molecule has 1 fully saturated rings. The largest absolute Gasteiger partial charge is 0.493 e. The first-order valence-electron chi connectivity index (χ1n) is 10.4. The van der Waals surface area contributed by atoms with Gasteiger partial charge in [-0.25, -0.2) is 4.79 Å². The van der Waals surface area contributed by atoms with Crippen molar-refractivity contribution in [1.82, 2.24) is 15.5 Å². The summed E-state index contributed by atoms with van der Waals surface area (Å²) in [5.41, 5.74) is 0.586. The zero-order valence-corrected chi connectivity index (χ0v) is 19.1. The fourth-order valence-electron chi connectivity index (χ4n) is 3.36. The van der Waals surface area contributed by atoms with Crippen LogP contribution in [-0.4, -0.2) is 63.5 Å². The van der Waals surface area contributed by atoms with Gasteiger partial charge in [0, 0.05) is 33.2 Å². The number of nitrogens with zero attached hydrogens (tertiary/aromatic N) is 2. The molecule has 1 aromatic rings. The number of piperidine rings is 1. The van der Waals surface area contributed by atoms with Crippen molar-refractivity contribution < 1.29 is 19.0 Å². The van der Waals surface area contributed by atoms with E-state index in [1.54, 1.807) is 26.2 Å². The Bertz CT molecular complexity index is 730. The van der Waals surface area contributed by atoms with Gasteiger partial charge in [0.2, 0.25) is 0 Å². The van der Waals surface area contributed by atoms with Crippen LogP contribution in [0.1, 0.15) is 39.2 Å². The molecule has 8 heteroatoms. The van der Waals surface area contributed by atoms with Gasteiger partial charge in [0.15, 0.2) is 17.5 Å². The van der Waals surface area contributed by atoms with Crippen LogP contribution in [-0.2, 0) is 11.3 Å². The summed E-state index contributed by atoms with van der Waals surface area (Å²) in [6.45, 7) is 8.46. The van der Waals surface area contributed by atoms with Crippen molar-refractivity contribution in [2.24, 2.45) is 10.9 Å². The number of methoxy groups -OCH3 is 2. The molecule has 168 valence electrons. The summed E-state index contributed by atoms with van der Waals surface area (Å²) >= 11 is 0. The van der Waals surface area contributed by atoms with Crippen molar-refractivity contribution in [2.75, 3.05) is 40.9 Å². The zero-order chi connectivity index (χ0) is 22.1. The maximum Gasteiger partial charge on any atom is 0.410 e. The number of hydrogen-bond donors (Lipinski definition) is 2. The van der Waals surface area contributed by atoms with Gasteiger partial charge < -0.3 is 29.7 Å². The molecule has 1 unspecified atom stereocenters. The van der Waals surface area contributed by atoms with Crippen LogP contribution in [0, 0.1) is 5.92 Å². The zero-order valence-electron chi connectivity index (χ0n) is 19.1. The van der Waals surface area contributed by atoms with Gasteiger partial charge in [-0.3, -0.25) is 4.99 Å². The topological polar surface area (TPSA) is 84.4 Å². The van der Waals surface area contributed by atoms with Crippen molar-refractivity contribution in [2.45, 2.75) is 45.8 Å². The molecule has 0 radical (unpaired) electrons. The number of benzene rings is 1. The molecule has 1 atom stereocenters. The van der Waals surface area contributed by atoms with E-state index in [1.165, 1.54) is 0 Å². The second kappa shape index (κ2) is 10.9. The SMILES string of the molecule is CN=C(NCc1ccc(OC)c(OC)c1)NCC1CCCN(C(=O)OC(C)(C)C)C1. The van der Waals surface area contributed by atoms with Gasteiger partial charge in [0.1, 0.15) is 5.60 Å². The third kappa shape index (κ3) is 7.31. The lowest BCUT2D eigenvalue weighted by Gasteiger charge is -2.34. The second-order valence-corrected chi connectivity index (χ2v) is 8.43. The van der Waals surface area contributed by atoms with Gasteiger partial charge >= 0.3 is 6.09 Å². The minimum absolute atomic E-state index is 0.233. The smallest absolute Gasteiger partial charge is 0.410 e. The van der Waals surface area contributed by atoms with Crippen LogP contribution in [0.5, 0.6) is 11.5 Å². The Balaban J connectivity index is 1.83. The summed E-state index contributed by atoms with van der Waals surface area (Å²) in [4.78, 5) is 18.4. The summed E-state index contributed by atoms with van der Waals surface area (Å²) < 4.78 is 16.1. The molecule has 2 rings (SSSR count). The maximum atomic E-state index is 12.3. The molecule has 2 N–H and O–H groups in total. The Morgan fingerprint density at radius 1 is 1.20 bits per heavy atom. The van der Waals surface area contributed by atoms with Crippen LogP contribution in [0.3, 0.4) is 0 Å². The highest BCUT2D eigenvalue weighted by atomic mass is 16.6. The predicted octanol–water partition coefficient (Wildman–Crippen LogP) is 3.02. The lowest BCUT2D eigenvalue weighted by molar-refractivity contribution is 0.0168. The minimum atomic E-state index is -0.474. The molecule has 30 heavy (non-hydrogen) atoms. The highest BCUT2D eigenvalue weighted by Crippen LogP contribution is 2.27. The Kier molecular flexibility index (Phi) is 8.62. The van der Waals surface area contributed by atoms with E-state index in [9.17, 15) is 4.79 Å². The summed E-state index contributed by atoms with van der Waals surface area (Å²) in [6, 6.07) is 5.82. The van der Waals surface area contributed by atoms with E-state index in [2.05, 4.69) is 15.6 Å². The van der Waals surface area contributed by atoms with Gasteiger partial charge in [-0.2, -0.15) is 0 Å². The molecule has 1 aliphatic heterocycles. The number of carbonyl (C=O) groups is 1. The van der Waals surface area contributed by atoms with E-state index in [0.717, 1.165) is 37.5 Å². The molecule has 0 bridgehead atoms. The molecular weight excluding hydrogens is 384 g/mol. The number of hydrogen-bond acceptors (Lipinski definition) is 5. The van der Waals surface area contributed by atoms with Crippen LogP contribution >= 0.6 is 0 Å². The third-order valence-corrected chi connectivity index (χ3v) is 4.86. The first-order valence-corrected chi connectivity index (χ1v) is 10.4. The average molecular weight is 421 g/mol. The molecule has 0 spiro atoms. The van der Waals surface area contributed by atoms with E-state index in [-0.39, 0.29) is 6.09 Å². The summed E-state index contributed by atoms with van der Waals surface area (Å²) in [5, 5.41) is 6.69. The highest BCUT2D eigenvalue weighted by Gasteiger charge is 2.27. The molecule has 1 aromatic carbocycles. The van der Waals surface area contributed by atoms with Gasteiger partial charge in [0.25, 0.3) is 0 Å². The van der Waals surface area contributed by atoms with Crippen LogP contribution < -0.4 is 20.1 Å². The molecule has 1 amide bonds. The summed E-state index contributed by atoms with van der Waals surface area (Å²) in [6.07, 6.45) is 1.81. The van der Waals surface area contributed by atoms with Gasteiger partial charge in [-0.05, 0) is 57.2 Å². The lowest BCUT2D eigenvalue weighted by Crippen LogP contribution is -2.47. The van der Waals surface area contributed by atoms with Crippen LogP contribution in [0.4, 0.5) is 4.79 Å². The Morgan fingerprint density at radius 3 is 2.57 bits per heavy atom. The molecule has 0 aliphatic carbocycles. The Hall–Kier alpha value is -2.64. The fraction of sp³-hybridized carbons (Fsp3) is 0.636. The van der Waals surface area contributed by atoms with Crippen molar-refractivity contribution >= 4 is 12.1 Å². The summed E-state index contributed by atoms with van der Waals surface area (Å²) in [7, 11) is 4.99. The first kappa shape index (κ1) is 23.6. The second-order valence-electron chi connectivity index (χ2n) is 8.43. The fourth-order valence-corrected chi connectivity index (χ4v) is 3.36. The van der Waals surface area contributed by atoms with E-state index in [0.29, 0.717) is 30.5 Å². The predicted molar refractivity (Wildman–Crippen MR) is 118 cm³/mol. The van der Waals surface area contributed by atoms with Crippen LogP contribution in [0.2, 0.25) is 0 Å². The molecule has 0 aromatic heterocycles. The van der Waals surface area contributed by atoms with Gasteiger partial charge in [-0.15, -0.1) is 0 Å². The number of likely N-dealkylation sites (tertiary alicyclic amines) is 1. The molecule has 1 heterocycles. The minimum Gasteiger partial charge on any atom is -0.493 e. The van der Waals surface area contributed by atoms with E-state index in [4.69, 9.17) is 14.2 Å². The standard InChI is InChI=1S/C22H36N4O4/c1-22(2,3)30-21(27)26-11-7-8-17(15-26)14-25-20(23-4)24-13-16-9-10-18(28-5)19(12-16)29-6/h9-10,12,17H,7-8,11,13-15H2,1-6H3,(H2,23,24,25). The van der Waals surface area contributed by atoms with E-state index >= 15 is 0 Å². The van der Waals surface area contributed by atoms with Crippen molar-refractivity contribution in [3.63, 3.8) is 0 Å². The van der Waals surface area contributed by atoms with Gasteiger partial charge in [0.05, 0.1) is 14.2 Å². The Labute approximate surface area is 180 Å².